The van der Waals surface area contributed by atoms with E-state index in [4.69, 9.17) is 9.47 Å². The predicted molar refractivity (Wildman–Crippen MR) is 140 cm³/mol. The van der Waals surface area contributed by atoms with Crippen molar-refractivity contribution in [2.75, 3.05) is 33.4 Å². The molecule has 1 fully saturated rings. The Morgan fingerprint density at radius 2 is 1.77 bits per heavy atom. The average Bonchev–Trinajstić information content (AvgIpc) is 3.42. The number of amides is 1. The van der Waals surface area contributed by atoms with Gasteiger partial charge in [0.15, 0.2) is 0 Å². The van der Waals surface area contributed by atoms with Crippen molar-refractivity contribution in [2.45, 2.75) is 49.6 Å². The lowest BCUT2D eigenvalue weighted by Crippen LogP contribution is -2.58. The van der Waals surface area contributed by atoms with Crippen LogP contribution < -0.4 is 4.74 Å². The Kier molecular flexibility index (Phi) is 10.0. The van der Waals surface area contributed by atoms with E-state index >= 15 is 8.78 Å². The summed E-state index contributed by atoms with van der Waals surface area (Å²) in [5.74, 6) is -5.81. The molecular weight excluding hydrogens is 534 g/mol. The lowest BCUT2D eigenvalue weighted by molar-refractivity contribution is -0.150. The predicted octanol–water partition coefficient (Wildman–Crippen LogP) is 3.93. The van der Waals surface area contributed by atoms with E-state index in [1.807, 2.05) is 0 Å². The molecule has 9 nitrogen and oxygen atoms in total. The molecule has 214 valence electrons. The number of hydrogen-bond acceptors (Lipinski definition) is 6. The van der Waals surface area contributed by atoms with Crippen LogP contribution in [-0.2, 0) is 26.0 Å². The van der Waals surface area contributed by atoms with E-state index in [1.54, 1.807) is 44.2 Å². The summed E-state index contributed by atoms with van der Waals surface area (Å²) in [5, 5.41) is 9.97. The second-order valence-corrected chi connectivity index (χ2v) is 11.8. The summed E-state index contributed by atoms with van der Waals surface area (Å²) in [7, 11) is -3.02. The van der Waals surface area contributed by atoms with Gasteiger partial charge >= 0.3 is 12.0 Å². The molecule has 0 radical (unpaired) electrons. The highest BCUT2D eigenvalue weighted by atomic mass is 32.2. The highest BCUT2D eigenvalue weighted by Crippen LogP contribution is 2.29. The van der Waals surface area contributed by atoms with Crippen LogP contribution in [0, 0.1) is 5.92 Å². The Morgan fingerprint density at radius 3 is 2.28 bits per heavy atom. The second kappa shape index (κ2) is 12.8. The van der Waals surface area contributed by atoms with Crippen LogP contribution in [0.4, 0.5) is 13.6 Å². The van der Waals surface area contributed by atoms with Gasteiger partial charge in [0.05, 0.1) is 31.2 Å². The molecule has 2 atom stereocenters. The van der Waals surface area contributed by atoms with E-state index in [0.717, 1.165) is 4.90 Å². The highest BCUT2D eigenvalue weighted by Gasteiger charge is 2.50. The number of alkyl halides is 2. The van der Waals surface area contributed by atoms with Gasteiger partial charge in [0, 0.05) is 19.6 Å². The molecule has 1 aliphatic rings. The van der Waals surface area contributed by atoms with Crippen LogP contribution in [0.3, 0.4) is 0 Å². The summed E-state index contributed by atoms with van der Waals surface area (Å²) in [5.41, 5.74) is 0.488. The van der Waals surface area contributed by atoms with E-state index in [-0.39, 0.29) is 43.4 Å². The van der Waals surface area contributed by atoms with Crippen LogP contribution in [0.2, 0.25) is 0 Å². The first-order valence-corrected chi connectivity index (χ1v) is 14.0. The van der Waals surface area contributed by atoms with Crippen LogP contribution in [0.1, 0.15) is 25.8 Å². The third kappa shape index (κ3) is 7.52. The number of halogens is 2. The Bertz CT molecular complexity index is 1220. The van der Waals surface area contributed by atoms with Gasteiger partial charge in [-0.1, -0.05) is 44.2 Å². The molecule has 0 bridgehead atoms. The lowest BCUT2D eigenvalue weighted by atomic mass is 9.95. The molecule has 1 aliphatic heterocycles. The summed E-state index contributed by atoms with van der Waals surface area (Å²) < 4.78 is 69.3. The van der Waals surface area contributed by atoms with Crippen molar-refractivity contribution in [3.05, 3.63) is 60.2 Å². The summed E-state index contributed by atoms with van der Waals surface area (Å²) in [6.45, 7) is 1.83. The number of rotatable bonds is 13. The maximum Gasteiger partial charge on any atom is 0.408 e. The third-order valence-corrected chi connectivity index (χ3v) is 8.26. The number of benzene rings is 2. The van der Waals surface area contributed by atoms with Gasteiger partial charge in [-0.25, -0.2) is 13.2 Å². The van der Waals surface area contributed by atoms with Gasteiger partial charge in [-0.05, 0) is 42.2 Å². The van der Waals surface area contributed by atoms with E-state index in [1.165, 1.54) is 31.4 Å². The van der Waals surface area contributed by atoms with Crippen LogP contribution in [-0.4, -0.2) is 86.0 Å². The van der Waals surface area contributed by atoms with Crippen molar-refractivity contribution in [1.29, 1.82) is 0 Å². The van der Waals surface area contributed by atoms with E-state index in [9.17, 15) is 23.1 Å². The minimum Gasteiger partial charge on any atom is -0.497 e. The molecule has 1 saturated heterocycles. The normalized spacial score (nSPS) is 16.8. The SMILES string of the molecule is COc1ccc(S(=O)(=O)N(CC(C)C)CC(F)(F)C(=O)[C@@H](Cc2ccccc2)N(C(=O)O)[C@H]2CCOC2)cc1. The molecule has 1 heterocycles. The van der Waals surface area contributed by atoms with Crippen molar-refractivity contribution in [1.82, 2.24) is 9.21 Å². The Labute approximate surface area is 227 Å². The second-order valence-electron chi connectivity index (χ2n) is 9.85. The molecular formula is C27H34F2N2O7S. The number of nitrogens with zero attached hydrogens (tertiary/aromatic N) is 2. The molecule has 0 unspecified atom stereocenters. The van der Waals surface area contributed by atoms with Crippen molar-refractivity contribution in [2.24, 2.45) is 5.92 Å². The Morgan fingerprint density at radius 1 is 1.13 bits per heavy atom. The molecule has 2 aromatic rings. The number of ketones is 1. The summed E-state index contributed by atoms with van der Waals surface area (Å²) in [4.78, 5) is 26.3. The number of hydrogen-bond donors (Lipinski definition) is 1. The molecule has 0 aromatic heterocycles. The van der Waals surface area contributed by atoms with E-state index in [2.05, 4.69) is 0 Å². The molecule has 0 saturated carbocycles. The number of Topliss-reactive ketones (excluding diaryl/α,β-unsaturated/α-hetero) is 1. The van der Waals surface area contributed by atoms with Gasteiger partial charge in [-0.3, -0.25) is 9.69 Å². The summed E-state index contributed by atoms with van der Waals surface area (Å²) in [6, 6.07) is 11.0. The number of methoxy groups -OCH3 is 1. The minimum absolute atomic E-state index is 0.0260. The van der Waals surface area contributed by atoms with Crippen molar-refractivity contribution < 1.29 is 41.4 Å². The maximum absolute atomic E-state index is 15.8. The summed E-state index contributed by atoms with van der Waals surface area (Å²) in [6.07, 6.45) is -1.57. The molecule has 1 N–H and O–H groups in total. The number of carboxylic acid groups (broad SMARTS) is 1. The van der Waals surface area contributed by atoms with Gasteiger partial charge < -0.3 is 14.6 Å². The maximum atomic E-state index is 15.8. The van der Waals surface area contributed by atoms with Gasteiger partial charge in [-0.15, -0.1) is 0 Å². The molecule has 2 aromatic carbocycles. The van der Waals surface area contributed by atoms with Crippen molar-refractivity contribution in [3.8, 4) is 5.75 Å². The fourth-order valence-electron chi connectivity index (χ4n) is 4.54. The van der Waals surface area contributed by atoms with Gasteiger partial charge in [0.2, 0.25) is 15.8 Å². The Balaban J connectivity index is 1.98. The van der Waals surface area contributed by atoms with Crippen LogP contribution in [0.5, 0.6) is 5.75 Å². The quantitative estimate of drug-likeness (QED) is 0.390. The first kappa shape index (κ1) is 30.5. The van der Waals surface area contributed by atoms with Gasteiger partial charge in [0.25, 0.3) is 0 Å². The van der Waals surface area contributed by atoms with Crippen molar-refractivity contribution in [3.63, 3.8) is 0 Å². The molecule has 0 spiro atoms. The smallest absolute Gasteiger partial charge is 0.408 e. The zero-order chi connectivity index (χ0) is 28.8. The van der Waals surface area contributed by atoms with Crippen molar-refractivity contribution >= 4 is 21.9 Å². The largest absolute Gasteiger partial charge is 0.497 e. The first-order valence-electron chi connectivity index (χ1n) is 12.6. The number of ether oxygens (including phenoxy) is 2. The monoisotopic (exact) mass is 568 g/mol. The van der Waals surface area contributed by atoms with Crippen LogP contribution >= 0.6 is 0 Å². The molecule has 12 heteroatoms. The topological polar surface area (TPSA) is 113 Å². The fraction of sp³-hybridized carbons (Fsp3) is 0.481. The highest BCUT2D eigenvalue weighted by molar-refractivity contribution is 7.89. The van der Waals surface area contributed by atoms with E-state index < -0.39 is 46.5 Å². The minimum atomic E-state index is -4.43. The number of carbonyl (C=O) groups excluding carboxylic acids is 1. The third-order valence-electron chi connectivity index (χ3n) is 6.43. The average molecular weight is 569 g/mol. The van der Waals surface area contributed by atoms with Gasteiger partial charge in [-0.2, -0.15) is 13.1 Å². The molecule has 39 heavy (non-hydrogen) atoms. The molecule has 3 rings (SSSR count). The zero-order valence-electron chi connectivity index (χ0n) is 22.1. The molecule has 0 aliphatic carbocycles. The first-order chi connectivity index (χ1) is 18.4. The summed E-state index contributed by atoms with van der Waals surface area (Å²) >= 11 is 0. The Hall–Kier alpha value is -3.09. The van der Waals surface area contributed by atoms with Crippen LogP contribution in [0.25, 0.3) is 0 Å². The lowest BCUT2D eigenvalue weighted by Gasteiger charge is -2.35. The van der Waals surface area contributed by atoms with Gasteiger partial charge in [0.1, 0.15) is 11.8 Å². The van der Waals surface area contributed by atoms with E-state index in [0.29, 0.717) is 15.6 Å². The number of sulfonamides is 1. The zero-order valence-corrected chi connectivity index (χ0v) is 22.9. The standard InChI is InChI=1S/C27H34F2N2O7S/c1-19(2)16-30(39(35,36)23-11-9-22(37-3)10-12-23)18-27(28,29)25(32)24(15-20-7-5-4-6-8-20)31(26(33)34)21-13-14-38-17-21/h4-12,19,21,24H,13-18H2,1-3H3,(H,33,34)/t21-,24+/m0/s1. The molecule has 1 amide bonds. The number of carbonyl (C=O) groups is 2. The fourth-order valence-corrected chi connectivity index (χ4v) is 6.14. The van der Waals surface area contributed by atoms with Crippen LogP contribution in [0.15, 0.2) is 59.5 Å².